The number of hydrogen-bond donors (Lipinski definition) is 2. The summed E-state index contributed by atoms with van der Waals surface area (Å²) in [6.45, 7) is 5.82. The van der Waals surface area contributed by atoms with E-state index in [4.69, 9.17) is 23.2 Å². The summed E-state index contributed by atoms with van der Waals surface area (Å²) in [5.41, 5.74) is 0.783. The number of carbonyl (C=O) groups excluding carboxylic acids is 1. The summed E-state index contributed by atoms with van der Waals surface area (Å²) in [4.78, 5) is 16.9. The van der Waals surface area contributed by atoms with Crippen LogP contribution >= 0.6 is 23.2 Å². The Labute approximate surface area is 193 Å². The molecule has 10 heteroatoms. The highest BCUT2D eigenvalue weighted by Crippen LogP contribution is 2.26. The monoisotopic (exact) mass is 484 g/mol. The first-order chi connectivity index (χ1) is 14.7. The van der Waals surface area contributed by atoms with Crippen LogP contribution in [0.25, 0.3) is 0 Å². The predicted molar refractivity (Wildman–Crippen MR) is 125 cm³/mol. The molecule has 3 rings (SSSR count). The average molecular weight is 485 g/mol. The van der Waals surface area contributed by atoms with Gasteiger partial charge in [0, 0.05) is 49.0 Å². The fourth-order valence-electron chi connectivity index (χ4n) is 3.26. The van der Waals surface area contributed by atoms with Crippen LogP contribution in [-0.2, 0) is 10.0 Å². The molecule has 1 saturated heterocycles. The van der Waals surface area contributed by atoms with E-state index in [0.717, 1.165) is 39.1 Å². The zero-order chi connectivity index (χ0) is 22.4. The van der Waals surface area contributed by atoms with Crippen LogP contribution in [0.15, 0.2) is 47.4 Å². The zero-order valence-corrected chi connectivity index (χ0v) is 19.6. The van der Waals surface area contributed by atoms with Crippen LogP contribution in [0.2, 0.25) is 10.0 Å². The van der Waals surface area contributed by atoms with Crippen molar-refractivity contribution in [3.63, 3.8) is 0 Å². The normalized spacial score (nSPS) is 15.6. The van der Waals surface area contributed by atoms with Gasteiger partial charge in [-0.3, -0.25) is 9.52 Å². The maximum atomic E-state index is 12.6. The predicted octanol–water partition coefficient (Wildman–Crippen LogP) is 3.16. The maximum Gasteiger partial charge on any atom is 0.263 e. The molecule has 1 fully saturated rings. The molecule has 2 N–H and O–H groups in total. The maximum absolute atomic E-state index is 12.6. The van der Waals surface area contributed by atoms with Gasteiger partial charge in [0.05, 0.1) is 5.02 Å². The number of rotatable bonds is 8. The molecule has 0 aromatic heterocycles. The Hall–Kier alpha value is -1.84. The van der Waals surface area contributed by atoms with E-state index in [0.29, 0.717) is 17.8 Å². The number of halogens is 2. The van der Waals surface area contributed by atoms with Crippen LogP contribution in [0, 0.1) is 0 Å². The number of nitrogens with one attached hydrogen (secondary N) is 2. The number of piperazine rings is 1. The SMILES string of the molecule is CN1CCN(CCCNC(=O)c2ccc(NS(=O)(=O)c3cc(Cl)ccc3Cl)cc2)CC1. The highest BCUT2D eigenvalue weighted by Gasteiger charge is 2.19. The molecular weight excluding hydrogens is 459 g/mol. The third-order valence-corrected chi connectivity index (χ3v) is 7.21. The molecule has 0 spiro atoms. The molecule has 0 radical (unpaired) electrons. The molecule has 0 aliphatic carbocycles. The van der Waals surface area contributed by atoms with Crippen LogP contribution in [0.1, 0.15) is 16.8 Å². The van der Waals surface area contributed by atoms with Crippen LogP contribution < -0.4 is 10.0 Å². The van der Waals surface area contributed by atoms with Crippen LogP contribution in [0.5, 0.6) is 0 Å². The van der Waals surface area contributed by atoms with Gasteiger partial charge in [-0.05, 0) is 62.5 Å². The molecule has 168 valence electrons. The van der Waals surface area contributed by atoms with Crippen molar-refractivity contribution in [2.45, 2.75) is 11.3 Å². The average Bonchev–Trinajstić information content (AvgIpc) is 2.74. The van der Waals surface area contributed by atoms with Crippen molar-refractivity contribution >= 4 is 44.8 Å². The molecular formula is C21H26Cl2N4O3S. The largest absolute Gasteiger partial charge is 0.352 e. The minimum Gasteiger partial charge on any atom is -0.352 e. The van der Waals surface area contributed by atoms with Gasteiger partial charge in [-0.2, -0.15) is 0 Å². The molecule has 1 aliphatic rings. The molecule has 1 heterocycles. The first-order valence-electron chi connectivity index (χ1n) is 10.0. The lowest BCUT2D eigenvalue weighted by Crippen LogP contribution is -2.45. The van der Waals surface area contributed by atoms with E-state index in [-0.39, 0.29) is 20.8 Å². The van der Waals surface area contributed by atoms with Gasteiger partial charge >= 0.3 is 0 Å². The molecule has 2 aromatic carbocycles. The van der Waals surface area contributed by atoms with Gasteiger partial charge in [0.25, 0.3) is 15.9 Å². The topological polar surface area (TPSA) is 81.8 Å². The molecule has 0 bridgehead atoms. The van der Waals surface area contributed by atoms with Crippen molar-refractivity contribution in [1.29, 1.82) is 0 Å². The van der Waals surface area contributed by atoms with Crippen LogP contribution in [-0.4, -0.2) is 70.4 Å². The summed E-state index contributed by atoms with van der Waals surface area (Å²) in [7, 11) is -1.78. The van der Waals surface area contributed by atoms with Gasteiger partial charge in [-0.25, -0.2) is 8.42 Å². The molecule has 0 atom stereocenters. The fourth-order valence-corrected chi connectivity index (χ4v) is 5.08. The standard InChI is InChI=1S/C21H26Cl2N4O3S/c1-26-11-13-27(14-12-26)10-2-9-24-21(28)16-3-6-18(7-4-16)25-31(29,30)20-15-17(22)5-8-19(20)23/h3-8,15,25H,2,9-14H2,1H3,(H,24,28). The molecule has 1 aliphatic heterocycles. The smallest absolute Gasteiger partial charge is 0.263 e. The number of benzene rings is 2. The summed E-state index contributed by atoms with van der Waals surface area (Å²) in [6, 6.07) is 10.5. The van der Waals surface area contributed by atoms with E-state index in [1.54, 1.807) is 12.1 Å². The van der Waals surface area contributed by atoms with E-state index in [9.17, 15) is 13.2 Å². The fraction of sp³-hybridized carbons (Fsp3) is 0.381. The Kier molecular flexibility index (Phi) is 8.18. The third kappa shape index (κ3) is 6.82. The van der Waals surface area contributed by atoms with Crippen molar-refractivity contribution in [3.8, 4) is 0 Å². The first kappa shape index (κ1) is 23.8. The summed E-state index contributed by atoms with van der Waals surface area (Å²) in [5.74, 6) is -0.189. The van der Waals surface area contributed by atoms with Gasteiger partial charge < -0.3 is 15.1 Å². The van der Waals surface area contributed by atoms with E-state index in [1.807, 2.05) is 0 Å². The summed E-state index contributed by atoms with van der Waals surface area (Å²) in [5, 5.41) is 3.25. The van der Waals surface area contributed by atoms with Crippen molar-refractivity contribution < 1.29 is 13.2 Å². The van der Waals surface area contributed by atoms with E-state index >= 15 is 0 Å². The van der Waals surface area contributed by atoms with E-state index in [2.05, 4.69) is 26.9 Å². The molecule has 0 unspecified atom stereocenters. The second-order valence-electron chi connectivity index (χ2n) is 7.51. The van der Waals surface area contributed by atoms with Crippen molar-refractivity contribution in [2.24, 2.45) is 0 Å². The lowest BCUT2D eigenvalue weighted by Gasteiger charge is -2.32. The lowest BCUT2D eigenvalue weighted by molar-refractivity contribution is 0.0949. The molecule has 7 nitrogen and oxygen atoms in total. The molecule has 2 aromatic rings. The number of anilines is 1. The first-order valence-corrected chi connectivity index (χ1v) is 12.3. The third-order valence-electron chi connectivity index (χ3n) is 5.11. The van der Waals surface area contributed by atoms with E-state index < -0.39 is 10.0 Å². The Bertz CT molecular complexity index is 1010. The van der Waals surface area contributed by atoms with Gasteiger partial charge in [0.15, 0.2) is 0 Å². The quantitative estimate of drug-likeness (QED) is 0.562. The van der Waals surface area contributed by atoms with Gasteiger partial charge in [-0.15, -0.1) is 0 Å². The van der Waals surface area contributed by atoms with Gasteiger partial charge in [0.2, 0.25) is 0 Å². The van der Waals surface area contributed by atoms with Crippen molar-refractivity contribution in [2.75, 3.05) is 51.0 Å². The van der Waals surface area contributed by atoms with Crippen molar-refractivity contribution in [3.05, 3.63) is 58.1 Å². The Morgan fingerprint density at radius 3 is 2.39 bits per heavy atom. The van der Waals surface area contributed by atoms with Crippen molar-refractivity contribution in [1.82, 2.24) is 15.1 Å². The second kappa shape index (κ2) is 10.7. The van der Waals surface area contributed by atoms with Gasteiger partial charge in [0.1, 0.15) is 4.90 Å². The Morgan fingerprint density at radius 1 is 1.03 bits per heavy atom. The number of amides is 1. The minimum atomic E-state index is -3.91. The lowest BCUT2D eigenvalue weighted by atomic mass is 10.2. The zero-order valence-electron chi connectivity index (χ0n) is 17.3. The highest BCUT2D eigenvalue weighted by molar-refractivity contribution is 7.92. The Morgan fingerprint density at radius 2 is 1.71 bits per heavy atom. The van der Waals surface area contributed by atoms with Gasteiger partial charge in [-0.1, -0.05) is 23.2 Å². The Balaban J connectivity index is 1.50. The summed E-state index contributed by atoms with van der Waals surface area (Å²) in [6.07, 6.45) is 0.883. The van der Waals surface area contributed by atoms with Crippen LogP contribution in [0.4, 0.5) is 5.69 Å². The molecule has 0 saturated carbocycles. The molecule has 1 amide bonds. The summed E-state index contributed by atoms with van der Waals surface area (Å²) < 4.78 is 27.6. The number of likely N-dealkylation sites (N-methyl/N-ethyl adjacent to an activating group) is 1. The van der Waals surface area contributed by atoms with E-state index in [1.165, 1.54) is 30.3 Å². The number of sulfonamides is 1. The van der Waals surface area contributed by atoms with Crippen LogP contribution in [0.3, 0.4) is 0 Å². The second-order valence-corrected chi connectivity index (χ2v) is 10.0. The number of carbonyl (C=O) groups is 1. The number of nitrogens with zero attached hydrogens (tertiary/aromatic N) is 2. The molecule has 31 heavy (non-hydrogen) atoms. The number of hydrogen-bond acceptors (Lipinski definition) is 5. The summed E-state index contributed by atoms with van der Waals surface area (Å²) >= 11 is 11.9. The highest BCUT2D eigenvalue weighted by atomic mass is 35.5. The minimum absolute atomic E-state index is 0.0736.